The Hall–Kier alpha value is -3.61. The summed E-state index contributed by atoms with van der Waals surface area (Å²) in [6.45, 7) is 8.18. The van der Waals surface area contributed by atoms with Crippen molar-refractivity contribution in [2.45, 2.75) is 59.3 Å². The van der Waals surface area contributed by atoms with Gasteiger partial charge in [-0.2, -0.15) is 0 Å². The smallest absolute Gasteiger partial charge is 0.335 e. The zero-order valence-electron chi connectivity index (χ0n) is 22.1. The van der Waals surface area contributed by atoms with Gasteiger partial charge in [0.25, 0.3) is 0 Å². The van der Waals surface area contributed by atoms with Gasteiger partial charge in [-0.3, -0.25) is 9.59 Å². The lowest BCUT2D eigenvalue weighted by Crippen LogP contribution is -2.37. The number of benzene rings is 2. The minimum atomic E-state index is -1.06. The third-order valence-electron chi connectivity index (χ3n) is 7.66. The maximum Gasteiger partial charge on any atom is 0.335 e. The standard InChI is InChI=1S/C30H32O7/c1-29(2)11-18(31)25-22(13-29)37-23-14-30(3,4)12-19(32)26(23)27(25)24-16-8-7-15(28(33)34)9-17(16)20(35-5)10-21(24)36-6/h7-10,27H,11-14H2,1-6H3,(H,33,34). The third kappa shape index (κ3) is 4.10. The van der Waals surface area contributed by atoms with Crippen molar-refractivity contribution in [1.82, 2.24) is 0 Å². The van der Waals surface area contributed by atoms with Crippen LogP contribution in [0.1, 0.15) is 75.2 Å². The number of carboxylic acid groups (broad SMARTS) is 1. The van der Waals surface area contributed by atoms with Crippen molar-refractivity contribution in [3.05, 3.63) is 58.1 Å². The van der Waals surface area contributed by atoms with Gasteiger partial charge in [-0.15, -0.1) is 0 Å². The fourth-order valence-corrected chi connectivity index (χ4v) is 6.12. The molecule has 0 spiro atoms. The van der Waals surface area contributed by atoms with Gasteiger partial charge in [0, 0.05) is 53.8 Å². The summed E-state index contributed by atoms with van der Waals surface area (Å²) in [6.07, 6.45) is 1.84. The van der Waals surface area contributed by atoms with E-state index in [0.717, 1.165) is 0 Å². The quantitative estimate of drug-likeness (QED) is 0.549. The summed E-state index contributed by atoms with van der Waals surface area (Å²) >= 11 is 0. The monoisotopic (exact) mass is 504 g/mol. The number of aromatic carboxylic acids is 1. The maximum atomic E-state index is 13.7. The van der Waals surface area contributed by atoms with E-state index in [9.17, 15) is 19.5 Å². The molecule has 37 heavy (non-hydrogen) atoms. The highest BCUT2D eigenvalue weighted by Crippen LogP contribution is 2.56. The van der Waals surface area contributed by atoms with Gasteiger partial charge >= 0.3 is 5.97 Å². The van der Waals surface area contributed by atoms with E-state index in [0.29, 0.717) is 76.2 Å². The average molecular weight is 505 g/mol. The Balaban J connectivity index is 1.87. The van der Waals surface area contributed by atoms with Crippen LogP contribution in [0.4, 0.5) is 0 Å². The molecule has 7 nitrogen and oxygen atoms in total. The Morgan fingerprint density at radius 1 is 0.838 bits per heavy atom. The number of methoxy groups -OCH3 is 2. The molecular formula is C30H32O7. The van der Waals surface area contributed by atoms with Crippen LogP contribution in [0.3, 0.4) is 0 Å². The molecule has 3 aliphatic rings. The van der Waals surface area contributed by atoms with Crippen molar-refractivity contribution >= 4 is 28.3 Å². The molecule has 5 rings (SSSR count). The molecule has 0 radical (unpaired) electrons. The lowest BCUT2D eigenvalue weighted by molar-refractivity contribution is -0.120. The van der Waals surface area contributed by atoms with Gasteiger partial charge < -0.3 is 19.3 Å². The molecular weight excluding hydrogens is 472 g/mol. The van der Waals surface area contributed by atoms with Crippen LogP contribution in [0.15, 0.2) is 46.9 Å². The molecule has 2 aromatic rings. The van der Waals surface area contributed by atoms with Crippen LogP contribution in [0, 0.1) is 10.8 Å². The van der Waals surface area contributed by atoms with E-state index < -0.39 is 11.9 Å². The number of carbonyl (C=O) groups excluding carboxylic acids is 2. The summed E-state index contributed by atoms with van der Waals surface area (Å²) in [5, 5.41) is 10.9. The normalized spacial score (nSPS) is 20.9. The van der Waals surface area contributed by atoms with E-state index in [1.165, 1.54) is 20.3 Å². The maximum absolute atomic E-state index is 13.7. The van der Waals surface area contributed by atoms with Crippen LogP contribution >= 0.6 is 0 Å². The number of carbonyl (C=O) groups is 3. The minimum Gasteiger partial charge on any atom is -0.496 e. The van der Waals surface area contributed by atoms with E-state index in [1.807, 2.05) is 27.7 Å². The predicted octanol–water partition coefficient (Wildman–Crippen LogP) is 5.96. The summed E-state index contributed by atoms with van der Waals surface area (Å²) in [5.74, 6) is 0.311. The summed E-state index contributed by atoms with van der Waals surface area (Å²) in [4.78, 5) is 39.2. The zero-order chi connectivity index (χ0) is 26.9. The summed E-state index contributed by atoms with van der Waals surface area (Å²) in [6, 6.07) is 6.49. The highest BCUT2D eigenvalue weighted by atomic mass is 16.5. The van der Waals surface area contributed by atoms with Crippen molar-refractivity contribution in [3.63, 3.8) is 0 Å². The molecule has 0 saturated carbocycles. The van der Waals surface area contributed by atoms with E-state index >= 15 is 0 Å². The van der Waals surface area contributed by atoms with Crippen LogP contribution < -0.4 is 9.47 Å². The van der Waals surface area contributed by atoms with Gasteiger partial charge in [0.05, 0.1) is 25.7 Å². The number of carboxylic acids is 1. The molecule has 0 saturated heterocycles. The number of hydrogen-bond donors (Lipinski definition) is 1. The molecule has 1 heterocycles. The largest absolute Gasteiger partial charge is 0.496 e. The molecule has 2 aliphatic carbocycles. The molecule has 0 amide bonds. The minimum absolute atomic E-state index is 0.0476. The van der Waals surface area contributed by atoms with Crippen molar-refractivity contribution < 1.29 is 33.7 Å². The van der Waals surface area contributed by atoms with E-state index in [4.69, 9.17) is 14.2 Å². The molecule has 0 atom stereocenters. The number of allylic oxidation sites excluding steroid dienone is 4. The first-order valence-electron chi connectivity index (χ1n) is 12.5. The predicted molar refractivity (Wildman–Crippen MR) is 138 cm³/mol. The van der Waals surface area contributed by atoms with Gasteiger partial charge in [0.1, 0.15) is 23.0 Å². The second-order valence-corrected chi connectivity index (χ2v) is 11.9. The first kappa shape index (κ1) is 25.1. The van der Waals surface area contributed by atoms with Gasteiger partial charge in [-0.1, -0.05) is 33.8 Å². The zero-order valence-corrected chi connectivity index (χ0v) is 22.1. The highest BCUT2D eigenvalue weighted by Gasteiger charge is 2.49. The molecule has 0 bridgehead atoms. The molecule has 7 heteroatoms. The van der Waals surface area contributed by atoms with Crippen LogP contribution in [-0.4, -0.2) is 36.9 Å². The fraction of sp³-hybridized carbons (Fsp3) is 0.433. The Morgan fingerprint density at radius 2 is 1.38 bits per heavy atom. The summed E-state index contributed by atoms with van der Waals surface area (Å²) in [7, 11) is 3.05. The number of fused-ring (bicyclic) bond motifs is 1. The van der Waals surface area contributed by atoms with Gasteiger partial charge in [-0.25, -0.2) is 4.79 Å². The van der Waals surface area contributed by atoms with Crippen LogP contribution in [0.2, 0.25) is 0 Å². The molecule has 1 aliphatic heterocycles. The Morgan fingerprint density at radius 3 is 1.86 bits per heavy atom. The molecule has 1 N–H and O–H groups in total. The van der Waals surface area contributed by atoms with Crippen LogP contribution in [-0.2, 0) is 14.3 Å². The van der Waals surface area contributed by atoms with Crippen molar-refractivity contribution in [1.29, 1.82) is 0 Å². The average Bonchev–Trinajstić information content (AvgIpc) is 2.79. The molecule has 0 fully saturated rings. The van der Waals surface area contributed by atoms with Gasteiger partial charge in [-0.05, 0) is 28.3 Å². The van der Waals surface area contributed by atoms with E-state index in [1.54, 1.807) is 18.2 Å². The highest BCUT2D eigenvalue weighted by molar-refractivity contribution is 6.09. The number of ketones is 2. The number of ether oxygens (including phenoxy) is 3. The molecule has 0 unspecified atom stereocenters. The van der Waals surface area contributed by atoms with Gasteiger partial charge in [0.15, 0.2) is 11.6 Å². The lowest BCUT2D eigenvalue weighted by atomic mass is 9.65. The number of hydrogen-bond acceptors (Lipinski definition) is 6. The van der Waals surface area contributed by atoms with E-state index in [-0.39, 0.29) is 28.0 Å². The Labute approximate surface area is 216 Å². The van der Waals surface area contributed by atoms with E-state index in [2.05, 4.69) is 0 Å². The van der Waals surface area contributed by atoms with Crippen LogP contribution in [0.5, 0.6) is 11.5 Å². The first-order valence-corrected chi connectivity index (χ1v) is 12.5. The summed E-state index contributed by atoms with van der Waals surface area (Å²) < 4.78 is 17.8. The lowest BCUT2D eigenvalue weighted by Gasteiger charge is -2.43. The van der Waals surface area contributed by atoms with Crippen LogP contribution in [0.25, 0.3) is 10.8 Å². The second-order valence-electron chi connectivity index (χ2n) is 11.9. The number of rotatable bonds is 4. The fourth-order valence-electron chi connectivity index (χ4n) is 6.12. The topological polar surface area (TPSA) is 99.1 Å². The van der Waals surface area contributed by atoms with Crippen molar-refractivity contribution in [3.8, 4) is 11.5 Å². The third-order valence-corrected chi connectivity index (χ3v) is 7.66. The Kier molecular flexibility index (Phi) is 5.73. The molecule has 2 aromatic carbocycles. The first-order chi connectivity index (χ1) is 17.4. The summed E-state index contributed by atoms with van der Waals surface area (Å²) in [5.41, 5.74) is 1.22. The second kappa shape index (κ2) is 8.47. The Bertz CT molecular complexity index is 1390. The van der Waals surface area contributed by atoms with Gasteiger partial charge in [0.2, 0.25) is 0 Å². The number of Topliss-reactive ketones (excluding diaryl/α,β-unsaturated/α-hetero) is 2. The molecule has 0 aromatic heterocycles. The van der Waals surface area contributed by atoms with Crippen molar-refractivity contribution in [2.75, 3.05) is 14.2 Å². The van der Waals surface area contributed by atoms with Crippen molar-refractivity contribution in [2.24, 2.45) is 10.8 Å². The SMILES string of the molecule is COc1cc(OC)c2cc(C(=O)O)ccc2c1C1C2=C(CC(C)(C)CC2=O)OC2=C1C(=O)CC(C)(C)C2. The molecule has 194 valence electrons.